The lowest BCUT2D eigenvalue weighted by molar-refractivity contribution is 0.0698. The first-order valence-electron chi connectivity index (χ1n) is 5.43. The number of nitrogens with zero attached hydrogens (tertiary/aromatic N) is 1. The molecule has 5 nitrogen and oxygen atoms in total. The van der Waals surface area contributed by atoms with Gasteiger partial charge in [0.15, 0.2) is 0 Å². The van der Waals surface area contributed by atoms with Crippen LogP contribution >= 0.6 is 0 Å². The van der Waals surface area contributed by atoms with Gasteiger partial charge in [-0.05, 0) is 24.3 Å². The van der Waals surface area contributed by atoms with E-state index in [1.807, 2.05) is 18.0 Å². The molecule has 0 bridgehead atoms. The van der Waals surface area contributed by atoms with Gasteiger partial charge in [-0.15, -0.1) is 0 Å². The number of anilines is 2. The number of aromatic carboxylic acids is 1. The molecule has 94 valence electrons. The number of nitrogen functional groups attached to an aromatic ring is 1. The van der Waals surface area contributed by atoms with E-state index in [4.69, 9.17) is 15.3 Å². The van der Waals surface area contributed by atoms with E-state index in [2.05, 4.69) is 0 Å². The van der Waals surface area contributed by atoms with Crippen molar-refractivity contribution in [1.82, 2.24) is 0 Å². The van der Waals surface area contributed by atoms with E-state index in [1.54, 1.807) is 24.7 Å². The van der Waals surface area contributed by atoms with E-state index in [0.717, 1.165) is 11.3 Å². The Morgan fingerprint density at radius 3 is 2.78 bits per heavy atom. The Morgan fingerprint density at radius 1 is 1.44 bits per heavy atom. The van der Waals surface area contributed by atoms with E-state index in [9.17, 15) is 4.79 Å². The number of carbonyl (C=O) groups is 1. The monoisotopic (exact) mass is 246 g/mol. The summed E-state index contributed by atoms with van der Waals surface area (Å²) in [7, 11) is 1.90. The van der Waals surface area contributed by atoms with Crippen LogP contribution in [0.2, 0.25) is 0 Å². The number of hydrogen-bond acceptors (Lipinski definition) is 4. The molecule has 0 saturated carbocycles. The molecule has 0 aliphatic heterocycles. The van der Waals surface area contributed by atoms with Gasteiger partial charge < -0.3 is 20.2 Å². The number of nitrogens with two attached hydrogens (primary N) is 1. The average molecular weight is 246 g/mol. The van der Waals surface area contributed by atoms with Crippen molar-refractivity contribution in [1.29, 1.82) is 0 Å². The van der Waals surface area contributed by atoms with Crippen LogP contribution in [0.25, 0.3) is 0 Å². The highest BCUT2D eigenvalue weighted by Gasteiger charge is 2.10. The Bertz CT molecular complexity index is 549. The summed E-state index contributed by atoms with van der Waals surface area (Å²) in [6, 6.07) is 6.79. The van der Waals surface area contributed by atoms with Crippen molar-refractivity contribution in [3.05, 3.63) is 47.9 Å². The summed E-state index contributed by atoms with van der Waals surface area (Å²) >= 11 is 0. The molecule has 5 heteroatoms. The van der Waals surface area contributed by atoms with Crippen LogP contribution in [0.15, 0.2) is 41.2 Å². The highest BCUT2D eigenvalue weighted by molar-refractivity contribution is 5.94. The first kappa shape index (κ1) is 12.0. The molecule has 3 N–H and O–H groups in total. The smallest absolute Gasteiger partial charge is 0.337 e. The van der Waals surface area contributed by atoms with Crippen molar-refractivity contribution in [2.75, 3.05) is 17.7 Å². The fraction of sp³-hybridized carbons (Fsp3) is 0.154. The molecule has 18 heavy (non-hydrogen) atoms. The summed E-state index contributed by atoms with van der Waals surface area (Å²) in [4.78, 5) is 12.8. The molecule has 1 heterocycles. The average Bonchev–Trinajstić information content (AvgIpc) is 2.81. The third kappa shape index (κ3) is 2.45. The van der Waals surface area contributed by atoms with Gasteiger partial charge in [-0.1, -0.05) is 0 Å². The van der Waals surface area contributed by atoms with Crippen LogP contribution in [0.3, 0.4) is 0 Å². The Balaban J connectivity index is 2.18. The minimum absolute atomic E-state index is 0.121. The molecule has 0 radical (unpaired) electrons. The number of rotatable bonds is 4. The molecule has 0 amide bonds. The lowest BCUT2D eigenvalue weighted by Gasteiger charge is -2.19. The third-order valence-electron chi connectivity index (χ3n) is 2.71. The summed E-state index contributed by atoms with van der Waals surface area (Å²) in [6.07, 6.45) is 3.29. The first-order valence-corrected chi connectivity index (χ1v) is 5.43. The van der Waals surface area contributed by atoms with E-state index in [1.165, 1.54) is 6.07 Å². The largest absolute Gasteiger partial charge is 0.478 e. The fourth-order valence-corrected chi connectivity index (χ4v) is 1.73. The molecule has 1 aromatic carbocycles. The molecule has 0 aliphatic carbocycles. The van der Waals surface area contributed by atoms with Crippen molar-refractivity contribution >= 4 is 17.3 Å². The van der Waals surface area contributed by atoms with E-state index < -0.39 is 5.97 Å². The quantitative estimate of drug-likeness (QED) is 0.808. The summed E-state index contributed by atoms with van der Waals surface area (Å²) in [5.74, 6) is -1.02. The zero-order valence-corrected chi connectivity index (χ0v) is 9.96. The molecule has 0 saturated heterocycles. The van der Waals surface area contributed by atoms with Gasteiger partial charge in [0.25, 0.3) is 0 Å². The number of benzene rings is 1. The van der Waals surface area contributed by atoms with Crippen LogP contribution in [0.5, 0.6) is 0 Å². The summed E-state index contributed by atoms with van der Waals surface area (Å²) in [5.41, 5.74) is 7.99. The number of carboxylic acids is 1. The SMILES string of the molecule is CN(Cc1ccoc1)c1ccc(C(=O)O)c(N)c1. The molecule has 2 rings (SSSR count). The molecule has 0 atom stereocenters. The molecule has 1 aromatic heterocycles. The number of carboxylic acid groups (broad SMARTS) is 1. The second-order valence-electron chi connectivity index (χ2n) is 4.06. The van der Waals surface area contributed by atoms with Gasteiger partial charge in [-0.2, -0.15) is 0 Å². The van der Waals surface area contributed by atoms with Gasteiger partial charge in [-0.25, -0.2) is 4.79 Å². The molecular weight excluding hydrogens is 232 g/mol. The lowest BCUT2D eigenvalue weighted by atomic mass is 10.1. The van der Waals surface area contributed by atoms with Crippen LogP contribution < -0.4 is 10.6 Å². The second kappa shape index (κ2) is 4.83. The number of furan rings is 1. The van der Waals surface area contributed by atoms with Crippen molar-refractivity contribution in [2.45, 2.75) is 6.54 Å². The zero-order chi connectivity index (χ0) is 13.1. The normalized spacial score (nSPS) is 10.3. The summed E-state index contributed by atoms with van der Waals surface area (Å²) in [6.45, 7) is 0.669. The predicted octanol–water partition coefficient (Wildman–Crippen LogP) is 2.20. The summed E-state index contributed by atoms with van der Waals surface area (Å²) in [5, 5.41) is 8.90. The van der Waals surface area contributed by atoms with Crippen LogP contribution in [-0.2, 0) is 6.54 Å². The predicted molar refractivity (Wildman–Crippen MR) is 68.6 cm³/mol. The zero-order valence-electron chi connectivity index (χ0n) is 9.96. The van der Waals surface area contributed by atoms with Crippen LogP contribution in [0, 0.1) is 0 Å². The van der Waals surface area contributed by atoms with E-state index >= 15 is 0 Å². The third-order valence-corrected chi connectivity index (χ3v) is 2.71. The van der Waals surface area contributed by atoms with Crippen LogP contribution in [0.1, 0.15) is 15.9 Å². The second-order valence-corrected chi connectivity index (χ2v) is 4.06. The Kier molecular flexibility index (Phi) is 3.23. The van der Waals surface area contributed by atoms with Crippen LogP contribution in [-0.4, -0.2) is 18.1 Å². The van der Waals surface area contributed by atoms with Gasteiger partial charge in [0.05, 0.1) is 18.1 Å². The van der Waals surface area contributed by atoms with E-state index in [-0.39, 0.29) is 11.3 Å². The van der Waals surface area contributed by atoms with Crippen molar-refractivity contribution < 1.29 is 14.3 Å². The molecular formula is C13H14N2O3. The summed E-state index contributed by atoms with van der Waals surface area (Å²) < 4.78 is 5.00. The number of hydrogen-bond donors (Lipinski definition) is 2. The maximum atomic E-state index is 10.9. The minimum atomic E-state index is -1.02. The standard InChI is InChI=1S/C13H14N2O3/c1-15(7-9-4-5-18-8-9)10-2-3-11(13(16)17)12(14)6-10/h2-6,8H,7,14H2,1H3,(H,16,17). The highest BCUT2D eigenvalue weighted by atomic mass is 16.4. The maximum absolute atomic E-state index is 10.9. The van der Waals surface area contributed by atoms with Gasteiger partial charge >= 0.3 is 5.97 Å². The Hall–Kier alpha value is -2.43. The fourth-order valence-electron chi connectivity index (χ4n) is 1.73. The first-order chi connectivity index (χ1) is 8.58. The lowest BCUT2D eigenvalue weighted by Crippen LogP contribution is -2.16. The van der Waals surface area contributed by atoms with Gasteiger partial charge in [0.1, 0.15) is 0 Å². The molecule has 0 unspecified atom stereocenters. The topological polar surface area (TPSA) is 79.7 Å². The van der Waals surface area contributed by atoms with Crippen molar-refractivity contribution in [3.63, 3.8) is 0 Å². The molecule has 0 aliphatic rings. The van der Waals surface area contributed by atoms with Gasteiger partial charge in [0, 0.05) is 30.5 Å². The van der Waals surface area contributed by atoms with Crippen LogP contribution in [0.4, 0.5) is 11.4 Å². The maximum Gasteiger partial charge on any atom is 0.337 e. The minimum Gasteiger partial charge on any atom is -0.478 e. The van der Waals surface area contributed by atoms with Gasteiger partial charge in [-0.3, -0.25) is 0 Å². The highest BCUT2D eigenvalue weighted by Crippen LogP contribution is 2.22. The van der Waals surface area contributed by atoms with Crippen molar-refractivity contribution in [2.24, 2.45) is 0 Å². The molecule has 0 fully saturated rings. The molecule has 0 spiro atoms. The molecule has 2 aromatic rings. The Morgan fingerprint density at radius 2 is 2.22 bits per heavy atom. The van der Waals surface area contributed by atoms with E-state index in [0.29, 0.717) is 6.54 Å². The van der Waals surface area contributed by atoms with Gasteiger partial charge in [0.2, 0.25) is 0 Å². The Labute approximate surface area is 104 Å². The van der Waals surface area contributed by atoms with Crippen molar-refractivity contribution in [3.8, 4) is 0 Å².